The highest BCUT2D eigenvalue weighted by molar-refractivity contribution is 5.95. The Kier molecular flexibility index (Phi) is 4.89. The fourth-order valence-corrected chi connectivity index (χ4v) is 3.86. The zero-order chi connectivity index (χ0) is 17.1. The first-order valence-electron chi connectivity index (χ1n) is 8.89. The third-order valence-electron chi connectivity index (χ3n) is 5.08. The van der Waals surface area contributed by atoms with Gasteiger partial charge in [0, 0.05) is 29.8 Å². The number of benzene rings is 2. The normalized spacial score (nSPS) is 22.8. The molecule has 3 heteroatoms. The number of amides is 1. The summed E-state index contributed by atoms with van der Waals surface area (Å²) in [5.74, 6) is 0.542. The van der Waals surface area contributed by atoms with E-state index in [1.165, 1.54) is 5.56 Å². The van der Waals surface area contributed by atoms with Gasteiger partial charge >= 0.3 is 0 Å². The van der Waals surface area contributed by atoms with Gasteiger partial charge in [-0.3, -0.25) is 4.79 Å². The van der Waals surface area contributed by atoms with Crippen molar-refractivity contribution < 1.29 is 4.79 Å². The predicted molar refractivity (Wildman–Crippen MR) is 100 cm³/mol. The van der Waals surface area contributed by atoms with Gasteiger partial charge in [-0.2, -0.15) is 0 Å². The minimum Gasteiger partial charge on any atom is -0.378 e. The molecule has 1 heterocycles. The molecule has 1 aliphatic rings. The molecule has 1 N–H and O–H groups in total. The Morgan fingerprint density at radius 2 is 1.71 bits per heavy atom. The van der Waals surface area contributed by atoms with Crippen molar-refractivity contribution in [1.29, 1.82) is 0 Å². The van der Waals surface area contributed by atoms with Crippen molar-refractivity contribution >= 4 is 17.3 Å². The number of carbonyl (C=O) groups is 1. The highest BCUT2D eigenvalue weighted by Gasteiger charge is 2.39. The van der Waals surface area contributed by atoms with Crippen molar-refractivity contribution in [2.45, 2.75) is 45.7 Å². The van der Waals surface area contributed by atoms with Crippen LogP contribution in [0.5, 0.6) is 0 Å². The standard InChI is InChI=1S/C21H26N2O/c1-4-18-15(3)21(22-16-11-7-6-8-12-16)17-13-9-10-14-19(17)23(18)20(24)5-2/h6-15,18,21-22H,4-5H2,1-3H3/t15-,18+,21-/m0/s1. The summed E-state index contributed by atoms with van der Waals surface area (Å²) >= 11 is 0. The second kappa shape index (κ2) is 7.08. The van der Waals surface area contributed by atoms with Crippen LogP contribution in [0, 0.1) is 5.92 Å². The Morgan fingerprint density at radius 3 is 2.38 bits per heavy atom. The molecule has 1 amide bonds. The maximum absolute atomic E-state index is 12.6. The van der Waals surface area contributed by atoms with Gasteiger partial charge in [-0.25, -0.2) is 0 Å². The topological polar surface area (TPSA) is 32.3 Å². The van der Waals surface area contributed by atoms with Crippen molar-refractivity contribution in [2.75, 3.05) is 10.2 Å². The fraction of sp³-hybridized carbons (Fsp3) is 0.381. The first-order valence-corrected chi connectivity index (χ1v) is 8.89. The number of fused-ring (bicyclic) bond motifs is 1. The summed E-state index contributed by atoms with van der Waals surface area (Å²) < 4.78 is 0. The third-order valence-corrected chi connectivity index (χ3v) is 5.08. The van der Waals surface area contributed by atoms with E-state index in [1.54, 1.807) is 0 Å². The SMILES string of the molecule is CCC(=O)N1c2ccccc2[C@@H](Nc2ccccc2)[C@@H](C)[C@H]1CC. The molecule has 3 nitrogen and oxygen atoms in total. The molecule has 0 aliphatic carbocycles. The number of rotatable bonds is 4. The monoisotopic (exact) mass is 322 g/mol. The third kappa shape index (κ3) is 2.91. The van der Waals surface area contributed by atoms with E-state index in [2.05, 4.69) is 49.5 Å². The summed E-state index contributed by atoms with van der Waals surface area (Å²) in [6, 6.07) is 19.1. The Hall–Kier alpha value is -2.29. The summed E-state index contributed by atoms with van der Waals surface area (Å²) in [7, 11) is 0. The fourth-order valence-electron chi connectivity index (χ4n) is 3.86. The number of carbonyl (C=O) groups excluding carboxylic acids is 1. The maximum atomic E-state index is 12.6. The van der Waals surface area contributed by atoms with Crippen molar-refractivity contribution in [3.05, 3.63) is 60.2 Å². The minimum absolute atomic E-state index is 0.203. The zero-order valence-corrected chi connectivity index (χ0v) is 14.7. The molecule has 126 valence electrons. The molecule has 2 aromatic carbocycles. The van der Waals surface area contributed by atoms with Gasteiger partial charge in [-0.05, 0) is 30.2 Å². The van der Waals surface area contributed by atoms with Crippen molar-refractivity contribution in [3.63, 3.8) is 0 Å². The van der Waals surface area contributed by atoms with Crippen LogP contribution < -0.4 is 10.2 Å². The molecule has 0 fully saturated rings. The molecule has 0 spiro atoms. The Morgan fingerprint density at radius 1 is 1.04 bits per heavy atom. The van der Waals surface area contributed by atoms with Gasteiger partial charge in [-0.15, -0.1) is 0 Å². The van der Waals surface area contributed by atoms with Gasteiger partial charge < -0.3 is 10.2 Å². The van der Waals surface area contributed by atoms with Crippen LogP contribution in [0.25, 0.3) is 0 Å². The van der Waals surface area contributed by atoms with Crippen LogP contribution in [-0.4, -0.2) is 11.9 Å². The zero-order valence-electron chi connectivity index (χ0n) is 14.7. The van der Waals surface area contributed by atoms with Gasteiger partial charge in [0.25, 0.3) is 0 Å². The second-order valence-electron chi connectivity index (χ2n) is 6.50. The molecule has 0 bridgehead atoms. The molecule has 0 radical (unpaired) electrons. The van der Waals surface area contributed by atoms with E-state index in [9.17, 15) is 4.79 Å². The van der Waals surface area contributed by atoms with E-state index in [0.29, 0.717) is 12.3 Å². The first kappa shape index (κ1) is 16.6. The van der Waals surface area contributed by atoms with Crippen LogP contribution in [0.3, 0.4) is 0 Å². The van der Waals surface area contributed by atoms with Crippen LogP contribution in [0.2, 0.25) is 0 Å². The number of nitrogens with zero attached hydrogens (tertiary/aromatic N) is 1. The average Bonchev–Trinajstić information content (AvgIpc) is 2.63. The minimum atomic E-state index is 0.203. The molecule has 1 aliphatic heterocycles. The van der Waals surface area contributed by atoms with Crippen LogP contribution in [-0.2, 0) is 4.79 Å². The van der Waals surface area contributed by atoms with Crippen molar-refractivity contribution in [1.82, 2.24) is 0 Å². The first-order chi connectivity index (χ1) is 11.7. The lowest BCUT2D eigenvalue weighted by Gasteiger charge is -2.45. The number of nitrogens with one attached hydrogen (secondary N) is 1. The molecule has 0 aromatic heterocycles. The Labute approximate surface area is 144 Å². The van der Waals surface area contributed by atoms with Crippen LogP contribution in [0.4, 0.5) is 11.4 Å². The second-order valence-corrected chi connectivity index (χ2v) is 6.50. The summed E-state index contributed by atoms with van der Waals surface area (Å²) in [4.78, 5) is 14.6. The highest BCUT2D eigenvalue weighted by atomic mass is 16.2. The molecular weight excluding hydrogens is 296 g/mol. The van der Waals surface area contributed by atoms with E-state index in [-0.39, 0.29) is 18.0 Å². The summed E-state index contributed by atoms with van der Waals surface area (Å²) in [5.41, 5.74) is 3.39. The largest absolute Gasteiger partial charge is 0.378 e. The number of hydrogen-bond acceptors (Lipinski definition) is 2. The van der Waals surface area contributed by atoms with E-state index in [4.69, 9.17) is 0 Å². The van der Waals surface area contributed by atoms with Crippen LogP contribution >= 0.6 is 0 Å². The van der Waals surface area contributed by atoms with E-state index in [1.807, 2.05) is 36.1 Å². The highest BCUT2D eigenvalue weighted by Crippen LogP contribution is 2.43. The summed E-state index contributed by atoms with van der Waals surface area (Å²) in [6.07, 6.45) is 1.49. The molecule has 3 atom stereocenters. The van der Waals surface area contributed by atoms with Gasteiger partial charge in [0.2, 0.25) is 5.91 Å². The molecule has 0 unspecified atom stereocenters. The number of hydrogen-bond donors (Lipinski definition) is 1. The van der Waals surface area contributed by atoms with Gasteiger partial charge in [0.15, 0.2) is 0 Å². The molecule has 3 rings (SSSR count). The summed E-state index contributed by atoms with van der Waals surface area (Å²) in [5, 5.41) is 3.69. The molecular formula is C21H26N2O. The molecule has 2 aromatic rings. The Bertz CT molecular complexity index is 698. The van der Waals surface area contributed by atoms with E-state index < -0.39 is 0 Å². The average molecular weight is 322 g/mol. The number of anilines is 2. The molecule has 0 saturated heterocycles. The van der Waals surface area contributed by atoms with Crippen molar-refractivity contribution in [3.8, 4) is 0 Å². The van der Waals surface area contributed by atoms with Crippen LogP contribution in [0.1, 0.15) is 45.2 Å². The smallest absolute Gasteiger partial charge is 0.226 e. The predicted octanol–water partition coefficient (Wildman–Crippen LogP) is 5.01. The van der Waals surface area contributed by atoms with E-state index in [0.717, 1.165) is 17.8 Å². The number of para-hydroxylation sites is 2. The van der Waals surface area contributed by atoms with E-state index >= 15 is 0 Å². The lowest BCUT2D eigenvalue weighted by molar-refractivity contribution is -0.119. The Balaban J connectivity index is 2.05. The lowest BCUT2D eigenvalue weighted by atomic mass is 9.80. The van der Waals surface area contributed by atoms with Crippen molar-refractivity contribution in [2.24, 2.45) is 5.92 Å². The quantitative estimate of drug-likeness (QED) is 0.858. The lowest BCUT2D eigenvalue weighted by Crippen LogP contribution is -2.50. The van der Waals surface area contributed by atoms with Gasteiger partial charge in [0.1, 0.15) is 0 Å². The van der Waals surface area contributed by atoms with Gasteiger partial charge in [-0.1, -0.05) is 57.2 Å². The van der Waals surface area contributed by atoms with Crippen LogP contribution in [0.15, 0.2) is 54.6 Å². The maximum Gasteiger partial charge on any atom is 0.226 e. The molecule has 0 saturated carbocycles. The molecule has 24 heavy (non-hydrogen) atoms. The summed E-state index contributed by atoms with van der Waals surface area (Å²) in [6.45, 7) is 6.36. The van der Waals surface area contributed by atoms with Gasteiger partial charge in [0.05, 0.1) is 6.04 Å².